The minimum Gasteiger partial charge on any atom is -0.300 e. The van der Waals surface area contributed by atoms with E-state index in [-0.39, 0.29) is 5.78 Å². The Labute approximate surface area is 68.8 Å². The highest BCUT2D eigenvalue weighted by Gasteiger charge is 1.90. The summed E-state index contributed by atoms with van der Waals surface area (Å²) in [5.41, 5.74) is 0. The number of Topliss-reactive ketones (excluding diaryl/α,β-unsaturated/α-hetero) is 1. The number of hydrogen-bond donors (Lipinski definition) is 0. The Morgan fingerprint density at radius 2 is 2.18 bits per heavy atom. The van der Waals surface area contributed by atoms with E-state index in [9.17, 15) is 4.79 Å². The van der Waals surface area contributed by atoms with Gasteiger partial charge in [-0.15, -0.1) is 0 Å². The molecule has 1 nitrogen and oxygen atoms in total. The van der Waals surface area contributed by atoms with Gasteiger partial charge in [0.2, 0.25) is 0 Å². The van der Waals surface area contributed by atoms with Crippen LogP contribution in [-0.2, 0) is 4.79 Å². The molecule has 0 aromatic rings. The molecule has 0 bridgehead atoms. The first kappa shape index (κ1) is 10.2. The van der Waals surface area contributed by atoms with Crippen LogP contribution in [0.4, 0.5) is 0 Å². The highest BCUT2D eigenvalue weighted by molar-refractivity contribution is 5.75. The van der Waals surface area contributed by atoms with Gasteiger partial charge in [-0.1, -0.05) is 24.8 Å². The van der Waals surface area contributed by atoms with Crippen molar-refractivity contribution in [2.75, 3.05) is 0 Å². The van der Waals surface area contributed by atoms with Crippen molar-refractivity contribution in [2.45, 2.75) is 32.6 Å². The molecule has 0 amide bonds. The van der Waals surface area contributed by atoms with Crippen LogP contribution in [-0.4, -0.2) is 5.78 Å². The van der Waals surface area contributed by atoms with Gasteiger partial charge in [-0.25, -0.2) is 0 Å². The normalized spacial score (nSPS) is 10.3. The average molecular weight is 152 g/mol. The zero-order valence-corrected chi connectivity index (χ0v) is 7.18. The van der Waals surface area contributed by atoms with Crippen LogP contribution in [0.1, 0.15) is 32.6 Å². The van der Waals surface area contributed by atoms with Gasteiger partial charge in [-0.05, 0) is 26.2 Å². The third kappa shape index (κ3) is 9.15. The molecule has 0 aromatic heterocycles. The number of carbonyl (C=O) groups excluding carboxylic acids is 1. The van der Waals surface area contributed by atoms with Gasteiger partial charge in [0, 0.05) is 6.42 Å². The topological polar surface area (TPSA) is 17.1 Å². The molecule has 0 aliphatic carbocycles. The molecule has 0 spiro atoms. The van der Waals surface area contributed by atoms with E-state index in [2.05, 4.69) is 12.7 Å². The van der Waals surface area contributed by atoms with Crippen LogP contribution < -0.4 is 0 Å². The molecule has 11 heavy (non-hydrogen) atoms. The Hall–Kier alpha value is -0.850. The molecule has 0 atom stereocenters. The molecule has 0 aliphatic heterocycles. The van der Waals surface area contributed by atoms with E-state index < -0.39 is 0 Å². The third-order valence-corrected chi connectivity index (χ3v) is 1.42. The van der Waals surface area contributed by atoms with Crippen molar-refractivity contribution < 1.29 is 4.79 Å². The van der Waals surface area contributed by atoms with Gasteiger partial charge in [0.15, 0.2) is 0 Å². The van der Waals surface area contributed by atoms with Gasteiger partial charge in [-0.3, -0.25) is 0 Å². The molecule has 0 rings (SSSR count). The van der Waals surface area contributed by atoms with Crippen molar-refractivity contribution in [3.63, 3.8) is 0 Å². The predicted molar refractivity (Wildman–Crippen MR) is 48.5 cm³/mol. The molecule has 1 heteroatoms. The first-order valence-electron chi connectivity index (χ1n) is 4.04. The number of ketones is 1. The number of allylic oxidation sites excluding steroid dienone is 3. The maximum atomic E-state index is 10.5. The fraction of sp³-hybridized carbons (Fsp3) is 0.500. The third-order valence-electron chi connectivity index (χ3n) is 1.42. The second-order valence-electron chi connectivity index (χ2n) is 2.61. The zero-order valence-electron chi connectivity index (χ0n) is 7.18. The average Bonchev–Trinajstić information content (AvgIpc) is 1.96. The molecule has 0 radical (unpaired) electrons. The molecule has 0 saturated carbocycles. The fourth-order valence-corrected chi connectivity index (χ4v) is 0.829. The largest absolute Gasteiger partial charge is 0.300 e. The minimum atomic E-state index is 0.290. The first-order chi connectivity index (χ1) is 5.27. The minimum absolute atomic E-state index is 0.290. The van der Waals surface area contributed by atoms with Crippen LogP contribution in [0.25, 0.3) is 0 Å². The van der Waals surface area contributed by atoms with Gasteiger partial charge in [0.25, 0.3) is 0 Å². The van der Waals surface area contributed by atoms with Crippen molar-refractivity contribution in [1.29, 1.82) is 0 Å². The molecule has 0 aliphatic rings. The zero-order chi connectivity index (χ0) is 8.53. The quantitative estimate of drug-likeness (QED) is 0.422. The Morgan fingerprint density at radius 3 is 2.73 bits per heavy atom. The number of rotatable bonds is 6. The maximum Gasteiger partial charge on any atom is 0.129 e. The summed E-state index contributed by atoms with van der Waals surface area (Å²) in [6.45, 7) is 5.20. The summed E-state index contributed by atoms with van der Waals surface area (Å²) in [7, 11) is 0. The summed E-state index contributed by atoms with van der Waals surface area (Å²) in [5, 5.41) is 0. The van der Waals surface area contributed by atoms with E-state index in [1.54, 1.807) is 13.0 Å². The van der Waals surface area contributed by atoms with Gasteiger partial charge in [0.1, 0.15) is 5.78 Å². The maximum absolute atomic E-state index is 10.5. The number of carbonyl (C=O) groups is 1. The van der Waals surface area contributed by atoms with E-state index >= 15 is 0 Å². The lowest BCUT2D eigenvalue weighted by molar-refractivity contribution is -0.117. The highest BCUT2D eigenvalue weighted by atomic mass is 16.1. The van der Waals surface area contributed by atoms with E-state index in [0.29, 0.717) is 0 Å². The van der Waals surface area contributed by atoms with E-state index in [0.717, 1.165) is 25.7 Å². The second-order valence-corrected chi connectivity index (χ2v) is 2.61. The molecule has 0 fully saturated rings. The van der Waals surface area contributed by atoms with Crippen molar-refractivity contribution in [3.05, 3.63) is 24.8 Å². The summed E-state index contributed by atoms with van der Waals surface area (Å²) in [6, 6.07) is 0. The summed E-state index contributed by atoms with van der Waals surface area (Å²) in [6.07, 6.45) is 9.67. The van der Waals surface area contributed by atoms with Crippen LogP contribution in [0.2, 0.25) is 0 Å². The molecule has 0 saturated heterocycles. The monoisotopic (exact) mass is 152 g/mol. The standard InChI is InChI=1S/C10H16O/c1-3-4-5-6-7-8-9-10(2)11/h3-5H,1,6-9H2,2H3/b5-4-. The van der Waals surface area contributed by atoms with E-state index in [1.807, 2.05) is 6.08 Å². The van der Waals surface area contributed by atoms with Gasteiger partial charge >= 0.3 is 0 Å². The summed E-state index contributed by atoms with van der Waals surface area (Å²) < 4.78 is 0. The Balaban J connectivity index is 3.08. The lowest BCUT2D eigenvalue weighted by Gasteiger charge is -1.92. The smallest absolute Gasteiger partial charge is 0.129 e. The van der Waals surface area contributed by atoms with Crippen LogP contribution >= 0.6 is 0 Å². The molecule has 0 aromatic carbocycles. The lowest BCUT2D eigenvalue weighted by Crippen LogP contribution is -1.88. The molecule has 0 unspecified atom stereocenters. The van der Waals surface area contributed by atoms with Crippen molar-refractivity contribution in [1.82, 2.24) is 0 Å². The van der Waals surface area contributed by atoms with Crippen LogP contribution in [0, 0.1) is 0 Å². The van der Waals surface area contributed by atoms with E-state index in [1.165, 1.54) is 0 Å². The first-order valence-corrected chi connectivity index (χ1v) is 4.04. The number of hydrogen-bond acceptors (Lipinski definition) is 1. The summed E-state index contributed by atoms with van der Waals surface area (Å²) >= 11 is 0. The Morgan fingerprint density at radius 1 is 1.45 bits per heavy atom. The summed E-state index contributed by atoms with van der Waals surface area (Å²) in [5.74, 6) is 0.290. The number of unbranched alkanes of at least 4 members (excludes halogenated alkanes) is 2. The van der Waals surface area contributed by atoms with Gasteiger partial charge < -0.3 is 4.79 Å². The van der Waals surface area contributed by atoms with Crippen molar-refractivity contribution in [2.24, 2.45) is 0 Å². The van der Waals surface area contributed by atoms with Crippen LogP contribution in [0.15, 0.2) is 24.8 Å². The highest BCUT2D eigenvalue weighted by Crippen LogP contribution is 2.00. The molecule has 62 valence electrons. The Kier molecular flexibility index (Phi) is 6.70. The second kappa shape index (κ2) is 7.26. The van der Waals surface area contributed by atoms with Crippen LogP contribution in [0.3, 0.4) is 0 Å². The van der Waals surface area contributed by atoms with E-state index in [4.69, 9.17) is 0 Å². The molecular weight excluding hydrogens is 136 g/mol. The molecular formula is C10H16O. The van der Waals surface area contributed by atoms with Crippen molar-refractivity contribution in [3.8, 4) is 0 Å². The predicted octanol–water partition coefficient (Wildman–Crippen LogP) is 2.88. The SMILES string of the molecule is C=C/C=C\CCCCC(C)=O. The fourth-order valence-electron chi connectivity index (χ4n) is 0.829. The van der Waals surface area contributed by atoms with Crippen LogP contribution in [0.5, 0.6) is 0 Å². The van der Waals surface area contributed by atoms with Crippen molar-refractivity contribution >= 4 is 5.78 Å². The lowest BCUT2D eigenvalue weighted by atomic mass is 10.1. The molecule has 0 N–H and O–H groups in total. The molecule has 0 heterocycles. The van der Waals surface area contributed by atoms with Gasteiger partial charge in [-0.2, -0.15) is 0 Å². The van der Waals surface area contributed by atoms with Gasteiger partial charge in [0.05, 0.1) is 0 Å². The summed E-state index contributed by atoms with van der Waals surface area (Å²) in [4.78, 5) is 10.5. The Bertz CT molecular complexity index is 145.